The molecule has 1 saturated carbocycles. The number of rotatable bonds is 3. The summed E-state index contributed by atoms with van der Waals surface area (Å²) in [6.45, 7) is 4.67. The number of carboxylic acids is 1. The van der Waals surface area contributed by atoms with E-state index in [1.807, 2.05) is 0 Å². The van der Waals surface area contributed by atoms with Crippen LogP contribution in [-0.2, 0) is 17.7 Å². The highest BCUT2D eigenvalue weighted by Crippen LogP contribution is 2.26. The van der Waals surface area contributed by atoms with E-state index < -0.39 is 5.97 Å². The van der Waals surface area contributed by atoms with Gasteiger partial charge in [0.1, 0.15) is 12.4 Å². The Balaban J connectivity index is 1.55. The maximum atomic E-state index is 11.5. The van der Waals surface area contributed by atoms with Gasteiger partial charge in [-0.1, -0.05) is 43.5 Å². The Morgan fingerprint density at radius 1 is 1.00 bits per heavy atom. The molecule has 0 amide bonds. The Labute approximate surface area is 185 Å². The van der Waals surface area contributed by atoms with E-state index in [1.54, 1.807) is 18.2 Å². The van der Waals surface area contributed by atoms with Gasteiger partial charge in [-0.15, -0.1) is 0 Å². The van der Waals surface area contributed by atoms with Crippen molar-refractivity contribution < 1.29 is 19.4 Å². The van der Waals surface area contributed by atoms with Crippen LogP contribution < -0.4 is 4.74 Å². The normalized spacial score (nSPS) is 19.1. The molecule has 0 unspecified atom stereocenters. The van der Waals surface area contributed by atoms with Gasteiger partial charge in [0, 0.05) is 26.1 Å². The number of hydrogen-bond donors (Lipinski definition) is 1. The first kappa shape index (κ1) is 21.8. The maximum absolute atomic E-state index is 11.5. The first-order valence-corrected chi connectivity index (χ1v) is 11.5. The van der Waals surface area contributed by atoms with Gasteiger partial charge in [0.25, 0.3) is 0 Å². The molecule has 4 rings (SSSR count). The second kappa shape index (κ2) is 10.8. The van der Waals surface area contributed by atoms with Crippen molar-refractivity contribution >= 4 is 5.97 Å². The third-order valence-corrected chi connectivity index (χ3v) is 6.38. The summed E-state index contributed by atoms with van der Waals surface area (Å²) in [5.74, 6) is 0.605. The third kappa shape index (κ3) is 6.31. The second-order valence-electron chi connectivity index (χ2n) is 8.82. The van der Waals surface area contributed by atoms with Gasteiger partial charge in [0.2, 0.25) is 0 Å². The van der Waals surface area contributed by atoms with E-state index in [0.717, 1.165) is 36.9 Å². The van der Waals surface area contributed by atoms with Crippen LogP contribution in [0.5, 0.6) is 5.75 Å². The van der Waals surface area contributed by atoms with Gasteiger partial charge >= 0.3 is 5.97 Å². The van der Waals surface area contributed by atoms with Crippen molar-refractivity contribution in [2.75, 3.05) is 32.9 Å². The van der Waals surface area contributed by atoms with E-state index >= 15 is 0 Å². The molecule has 0 radical (unpaired) electrons. The summed E-state index contributed by atoms with van der Waals surface area (Å²) in [6, 6.07) is 13.7. The molecule has 0 aromatic heterocycles. The molecule has 0 atom stereocenters. The topological polar surface area (TPSA) is 59.0 Å². The summed E-state index contributed by atoms with van der Waals surface area (Å²) in [6.07, 6.45) is 7.43. The number of hydrogen-bond acceptors (Lipinski definition) is 4. The molecular weight excluding hydrogens is 390 g/mol. The van der Waals surface area contributed by atoms with Gasteiger partial charge in [-0.2, -0.15) is 0 Å². The highest BCUT2D eigenvalue weighted by atomic mass is 16.5. The summed E-state index contributed by atoms with van der Waals surface area (Å²) < 4.78 is 11.8. The predicted molar refractivity (Wildman–Crippen MR) is 121 cm³/mol. The lowest BCUT2D eigenvalue weighted by atomic mass is 9.89. The van der Waals surface area contributed by atoms with Crippen molar-refractivity contribution in [2.45, 2.75) is 45.1 Å². The van der Waals surface area contributed by atoms with E-state index in [4.69, 9.17) is 9.47 Å². The van der Waals surface area contributed by atoms with Gasteiger partial charge in [-0.05, 0) is 53.6 Å². The average molecular weight is 424 g/mol. The summed E-state index contributed by atoms with van der Waals surface area (Å²) >= 11 is 0. The molecule has 2 aliphatic rings. The van der Waals surface area contributed by atoms with Crippen molar-refractivity contribution in [3.8, 4) is 5.75 Å². The molecule has 1 aliphatic heterocycles. The van der Waals surface area contributed by atoms with E-state index in [-0.39, 0.29) is 5.56 Å². The molecule has 2 bridgehead atoms. The molecule has 2 aromatic rings. The zero-order valence-corrected chi connectivity index (χ0v) is 18.2. The molecular formula is C26H33NO4. The molecule has 5 heteroatoms. The minimum absolute atomic E-state index is 0.287. The number of nitrogens with zero attached hydrogens (tertiary/aromatic N) is 1. The van der Waals surface area contributed by atoms with E-state index in [2.05, 4.69) is 29.2 Å². The zero-order valence-electron chi connectivity index (χ0n) is 18.2. The monoisotopic (exact) mass is 423 g/mol. The quantitative estimate of drug-likeness (QED) is 0.771. The summed E-state index contributed by atoms with van der Waals surface area (Å²) in [5, 5.41) is 9.40. The number of carboxylic acid groups (broad SMARTS) is 1. The molecule has 0 spiro atoms. The highest BCUT2D eigenvalue weighted by molar-refractivity contribution is 5.88. The van der Waals surface area contributed by atoms with Gasteiger partial charge < -0.3 is 14.6 Å². The van der Waals surface area contributed by atoms with Crippen LogP contribution >= 0.6 is 0 Å². The van der Waals surface area contributed by atoms with Crippen molar-refractivity contribution in [1.82, 2.24) is 4.90 Å². The fourth-order valence-electron chi connectivity index (χ4n) is 4.78. The maximum Gasteiger partial charge on any atom is 0.335 e. The fourth-order valence-corrected chi connectivity index (χ4v) is 4.78. The Morgan fingerprint density at radius 3 is 2.68 bits per heavy atom. The largest absolute Gasteiger partial charge is 0.491 e. The number of ether oxygens (including phenoxy) is 2. The van der Waals surface area contributed by atoms with Gasteiger partial charge in [0.05, 0.1) is 18.8 Å². The van der Waals surface area contributed by atoms with Crippen molar-refractivity contribution in [3.05, 3.63) is 64.7 Å². The van der Waals surface area contributed by atoms with Crippen LogP contribution in [0.25, 0.3) is 0 Å². The van der Waals surface area contributed by atoms with E-state index in [1.165, 1.54) is 43.2 Å². The van der Waals surface area contributed by atoms with Gasteiger partial charge in [0.15, 0.2) is 0 Å². The Morgan fingerprint density at radius 2 is 1.84 bits per heavy atom. The molecule has 1 fully saturated rings. The lowest BCUT2D eigenvalue weighted by Crippen LogP contribution is -2.33. The van der Waals surface area contributed by atoms with Crippen LogP contribution in [0.15, 0.2) is 42.5 Å². The van der Waals surface area contributed by atoms with Gasteiger partial charge in [-0.25, -0.2) is 4.79 Å². The van der Waals surface area contributed by atoms with Crippen molar-refractivity contribution in [1.29, 1.82) is 0 Å². The number of carbonyl (C=O) groups is 1. The van der Waals surface area contributed by atoms with Crippen LogP contribution in [0.3, 0.4) is 0 Å². The molecule has 1 N–H and O–H groups in total. The average Bonchev–Trinajstić information content (AvgIpc) is 2.77. The lowest BCUT2D eigenvalue weighted by molar-refractivity contribution is 0.0693. The standard InChI is InChI=1S/C26H33NO4/c28-26(29)23-9-10-25-24(17-23)16-21-7-4-8-22(15-21)19-27(11-12-30-13-14-31-25)18-20-5-2-1-3-6-20/h4,7-10,15,17,20H,1-3,5-6,11-14,16,18-19H2,(H,28,29). The number of aromatic carboxylic acids is 1. The van der Waals surface area contributed by atoms with E-state index in [9.17, 15) is 9.90 Å². The molecule has 2 aromatic carbocycles. The Bertz CT molecular complexity index is 875. The van der Waals surface area contributed by atoms with Crippen LogP contribution in [-0.4, -0.2) is 48.9 Å². The summed E-state index contributed by atoms with van der Waals surface area (Å²) in [5.41, 5.74) is 3.65. The minimum Gasteiger partial charge on any atom is -0.491 e. The number of fused-ring (bicyclic) bond motifs is 3. The van der Waals surface area contributed by atoms with Crippen molar-refractivity contribution in [3.63, 3.8) is 0 Å². The zero-order chi connectivity index (χ0) is 21.5. The molecule has 5 nitrogen and oxygen atoms in total. The summed E-state index contributed by atoms with van der Waals surface area (Å²) in [7, 11) is 0. The lowest BCUT2D eigenvalue weighted by Gasteiger charge is -2.30. The minimum atomic E-state index is -0.919. The molecule has 1 heterocycles. The Hall–Kier alpha value is -2.37. The second-order valence-corrected chi connectivity index (χ2v) is 8.82. The first-order chi connectivity index (χ1) is 15.2. The molecule has 1 aliphatic carbocycles. The van der Waals surface area contributed by atoms with Crippen LogP contribution in [0.4, 0.5) is 0 Å². The first-order valence-electron chi connectivity index (χ1n) is 11.5. The smallest absolute Gasteiger partial charge is 0.335 e. The Kier molecular flexibility index (Phi) is 7.60. The van der Waals surface area contributed by atoms with Gasteiger partial charge in [-0.3, -0.25) is 4.90 Å². The van der Waals surface area contributed by atoms with Crippen LogP contribution in [0.2, 0.25) is 0 Å². The van der Waals surface area contributed by atoms with E-state index in [0.29, 0.717) is 26.2 Å². The van der Waals surface area contributed by atoms with Crippen LogP contribution in [0.1, 0.15) is 59.2 Å². The SMILES string of the molecule is O=C(O)c1ccc2c(c1)Cc1cccc(c1)CN(CC1CCCCC1)CCOCCO2. The molecule has 166 valence electrons. The summed E-state index contributed by atoms with van der Waals surface area (Å²) in [4.78, 5) is 14.0. The highest BCUT2D eigenvalue weighted by Gasteiger charge is 2.18. The third-order valence-electron chi connectivity index (χ3n) is 6.38. The fraction of sp³-hybridized carbons (Fsp3) is 0.500. The molecule has 0 saturated heterocycles. The predicted octanol–water partition coefficient (Wildman–Crippen LogP) is 4.77. The number of benzene rings is 2. The molecule has 31 heavy (non-hydrogen) atoms. The van der Waals surface area contributed by atoms with Crippen molar-refractivity contribution in [2.24, 2.45) is 5.92 Å². The van der Waals surface area contributed by atoms with Crippen LogP contribution in [0, 0.1) is 5.92 Å².